The summed E-state index contributed by atoms with van der Waals surface area (Å²) in [6.45, 7) is 0.444. The molecule has 0 aromatic heterocycles. The van der Waals surface area contributed by atoms with Gasteiger partial charge in [-0.15, -0.1) is 0 Å². The van der Waals surface area contributed by atoms with Crippen LogP contribution in [0.2, 0.25) is 0 Å². The number of nitrogens with two attached hydrogens (primary N) is 2. The standard InChI is InChI=1S/C16H21N3O2/c17-13(10-5-6-10)8-15(20)19-9-12-4-2-1-3-11(12)7-14(19)16(18)21/h1-4,10,13-14H,5-9,17H2,(H2,18,21)/t13?,14-/m0/s1. The Morgan fingerprint density at radius 3 is 2.52 bits per heavy atom. The van der Waals surface area contributed by atoms with Crippen LogP contribution in [0.3, 0.4) is 0 Å². The highest BCUT2D eigenvalue weighted by Crippen LogP contribution is 2.33. The molecule has 4 N–H and O–H groups in total. The molecule has 1 aromatic carbocycles. The van der Waals surface area contributed by atoms with Gasteiger partial charge in [0.2, 0.25) is 11.8 Å². The van der Waals surface area contributed by atoms with E-state index in [1.165, 1.54) is 0 Å². The van der Waals surface area contributed by atoms with Crippen molar-refractivity contribution in [3.05, 3.63) is 35.4 Å². The number of rotatable bonds is 4. The summed E-state index contributed by atoms with van der Waals surface area (Å²) in [6.07, 6.45) is 3.01. The monoisotopic (exact) mass is 287 g/mol. The van der Waals surface area contributed by atoms with Gasteiger partial charge in [-0.1, -0.05) is 24.3 Å². The molecule has 2 atom stereocenters. The van der Waals surface area contributed by atoms with Crippen LogP contribution in [-0.4, -0.2) is 28.8 Å². The van der Waals surface area contributed by atoms with E-state index in [4.69, 9.17) is 11.5 Å². The minimum atomic E-state index is -0.557. The molecule has 2 amide bonds. The highest BCUT2D eigenvalue weighted by atomic mass is 16.2. The van der Waals surface area contributed by atoms with E-state index in [1.54, 1.807) is 4.90 Å². The topological polar surface area (TPSA) is 89.4 Å². The first-order valence-corrected chi connectivity index (χ1v) is 7.47. The van der Waals surface area contributed by atoms with Gasteiger partial charge < -0.3 is 16.4 Å². The molecular weight excluding hydrogens is 266 g/mol. The number of benzene rings is 1. The highest BCUT2D eigenvalue weighted by molar-refractivity contribution is 5.87. The van der Waals surface area contributed by atoms with E-state index in [0.29, 0.717) is 25.3 Å². The van der Waals surface area contributed by atoms with E-state index in [0.717, 1.165) is 24.0 Å². The van der Waals surface area contributed by atoms with Crippen molar-refractivity contribution >= 4 is 11.8 Å². The second-order valence-electron chi connectivity index (χ2n) is 6.12. The number of nitrogens with zero attached hydrogens (tertiary/aromatic N) is 1. The average molecular weight is 287 g/mol. The molecule has 0 spiro atoms. The van der Waals surface area contributed by atoms with Gasteiger partial charge in [0.15, 0.2) is 0 Å². The molecule has 1 aliphatic heterocycles. The lowest BCUT2D eigenvalue weighted by Crippen LogP contribution is -2.52. The van der Waals surface area contributed by atoms with Crippen LogP contribution in [-0.2, 0) is 22.6 Å². The molecule has 1 fully saturated rings. The van der Waals surface area contributed by atoms with Crippen LogP contribution in [0.1, 0.15) is 30.4 Å². The molecule has 1 aliphatic carbocycles. The first-order chi connectivity index (χ1) is 10.1. The van der Waals surface area contributed by atoms with Gasteiger partial charge in [0, 0.05) is 25.4 Å². The van der Waals surface area contributed by atoms with Crippen LogP contribution in [0.15, 0.2) is 24.3 Å². The highest BCUT2D eigenvalue weighted by Gasteiger charge is 2.36. The molecule has 1 aromatic rings. The molecule has 0 radical (unpaired) electrons. The summed E-state index contributed by atoms with van der Waals surface area (Å²) in [6, 6.07) is 7.22. The van der Waals surface area contributed by atoms with Crippen molar-refractivity contribution < 1.29 is 9.59 Å². The third kappa shape index (κ3) is 2.93. The van der Waals surface area contributed by atoms with Crippen molar-refractivity contribution in [2.75, 3.05) is 0 Å². The summed E-state index contributed by atoms with van der Waals surface area (Å²) < 4.78 is 0. The third-order valence-corrected chi connectivity index (χ3v) is 4.54. The van der Waals surface area contributed by atoms with E-state index >= 15 is 0 Å². The van der Waals surface area contributed by atoms with Crippen molar-refractivity contribution in [1.29, 1.82) is 0 Å². The molecule has 0 bridgehead atoms. The van der Waals surface area contributed by atoms with Crippen LogP contribution >= 0.6 is 0 Å². The summed E-state index contributed by atoms with van der Waals surface area (Å²) in [4.78, 5) is 25.8. The minimum absolute atomic E-state index is 0.0623. The zero-order chi connectivity index (χ0) is 15.0. The number of primary amides is 1. The molecular formula is C16H21N3O2. The summed E-state index contributed by atoms with van der Waals surface area (Å²) in [5.74, 6) is -0.0383. The Morgan fingerprint density at radius 2 is 1.90 bits per heavy atom. The largest absolute Gasteiger partial charge is 0.368 e. The van der Waals surface area contributed by atoms with Gasteiger partial charge in [0.25, 0.3) is 0 Å². The predicted molar refractivity (Wildman–Crippen MR) is 79.0 cm³/mol. The SMILES string of the molecule is NC(=O)[C@@H]1Cc2ccccc2CN1C(=O)CC(N)C1CC1. The molecule has 112 valence electrons. The van der Waals surface area contributed by atoms with E-state index in [2.05, 4.69) is 0 Å². The van der Waals surface area contributed by atoms with E-state index in [-0.39, 0.29) is 11.9 Å². The molecule has 1 unspecified atom stereocenters. The molecule has 1 saturated carbocycles. The van der Waals surface area contributed by atoms with Gasteiger partial charge in [-0.05, 0) is 29.9 Å². The first-order valence-electron chi connectivity index (χ1n) is 7.47. The van der Waals surface area contributed by atoms with E-state index in [9.17, 15) is 9.59 Å². The minimum Gasteiger partial charge on any atom is -0.368 e. The van der Waals surface area contributed by atoms with Gasteiger partial charge in [-0.25, -0.2) is 0 Å². The van der Waals surface area contributed by atoms with Crippen LogP contribution in [0.5, 0.6) is 0 Å². The number of hydrogen-bond donors (Lipinski definition) is 2. The number of fused-ring (bicyclic) bond motifs is 1. The van der Waals surface area contributed by atoms with Crippen LogP contribution in [0.25, 0.3) is 0 Å². The van der Waals surface area contributed by atoms with Crippen LogP contribution < -0.4 is 11.5 Å². The van der Waals surface area contributed by atoms with Gasteiger partial charge in [-0.3, -0.25) is 9.59 Å². The second kappa shape index (κ2) is 5.48. The molecule has 2 aliphatic rings. The Balaban J connectivity index is 1.78. The lowest BCUT2D eigenvalue weighted by molar-refractivity contribution is -0.141. The number of carbonyl (C=O) groups excluding carboxylic acids is 2. The molecule has 21 heavy (non-hydrogen) atoms. The Morgan fingerprint density at radius 1 is 1.24 bits per heavy atom. The number of carbonyl (C=O) groups is 2. The maximum atomic E-state index is 12.5. The van der Waals surface area contributed by atoms with E-state index in [1.807, 2.05) is 24.3 Å². The van der Waals surface area contributed by atoms with Crippen molar-refractivity contribution in [2.45, 2.75) is 44.3 Å². The fourth-order valence-electron chi connectivity index (χ4n) is 3.05. The molecule has 3 rings (SSSR count). The van der Waals surface area contributed by atoms with Crippen LogP contribution in [0.4, 0.5) is 0 Å². The van der Waals surface area contributed by atoms with Crippen molar-refractivity contribution in [1.82, 2.24) is 4.90 Å². The summed E-state index contributed by atoms with van der Waals surface area (Å²) in [5, 5.41) is 0. The Labute approximate surface area is 124 Å². The third-order valence-electron chi connectivity index (χ3n) is 4.54. The Kier molecular flexibility index (Phi) is 3.68. The number of amides is 2. The molecule has 1 heterocycles. The normalized spacial score (nSPS) is 22.5. The van der Waals surface area contributed by atoms with Crippen molar-refractivity contribution in [3.63, 3.8) is 0 Å². The quantitative estimate of drug-likeness (QED) is 0.847. The summed E-state index contributed by atoms with van der Waals surface area (Å²) in [7, 11) is 0. The van der Waals surface area contributed by atoms with Gasteiger partial charge in [-0.2, -0.15) is 0 Å². The fraction of sp³-hybridized carbons (Fsp3) is 0.500. The number of hydrogen-bond acceptors (Lipinski definition) is 3. The average Bonchev–Trinajstić information content (AvgIpc) is 3.30. The lowest BCUT2D eigenvalue weighted by Gasteiger charge is -2.35. The maximum Gasteiger partial charge on any atom is 0.240 e. The summed E-state index contributed by atoms with van der Waals surface area (Å²) in [5.41, 5.74) is 13.7. The molecule has 5 heteroatoms. The summed E-state index contributed by atoms with van der Waals surface area (Å²) >= 11 is 0. The van der Waals surface area contributed by atoms with Gasteiger partial charge in [0.05, 0.1) is 0 Å². The predicted octanol–water partition coefficient (Wildman–Crippen LogP) is 0.553. The van der Waals surface area contributed by atoms with E-state index < -0.39 is 11.9 Å². The molecule has 0 saturated heterocycles. The van der Waals surface area contributed by atoms with Crippen molar-refractivity contribution in [3.8, 4) is 0 Å². The second-order valence-corrected chi connectivity index (χ2v) is 6.12. The fourth-order valence-corrected chi connectivity index (χ4v) is 3.05. The Hall–Kier alpha value is -1.88. The maximum absolute atomic E-state index is 12.5. The van der Waals surface area contributed by atoms with Gasteiger partial charge in [0.1, 0.15) is 6.04 Å². The lowest BCUT2D eigenvalue weighted by atomic mass is 9.93. The Bertz CT molecular complexity index is 568. The van der Waals surface area contributed by atoms with Crippen molar-refractivity contribution in [2.24, 2.45) is 17.4 Å². The van der Waals surface area contributed by atoms with Crippen LogP contribution in [0, 0.1) is 5.92 Å². The van der Waals surface area contributed by atoms with Gasteiger partial charge >= 0.3 is 0 Å². The first kappa shape index (κ1) is 14.1. The smallest absolute Gasteiger partial charge is 0.240 e. The zero-order valence-corrected chi connectivity index (χ0v) is 12.0. The molecule has 5 nitrogen and oxygen atoms in total. The zero-order valence-electron chi connectivity index (χ0n) is 12.0.